The van der Waals surface area contributed by atoms with Gasteiger partial charge in [-0.15, -0.1) is 11.3 Å². The molecule has 41 heavy (non-hydrogen) atoms. The fourth-order valence-corrected chi connectivity index (χ4v) is 6.06. The van der Waals surface area contributed by atoms with Gasteiger partial charge in [-0.1, -0.05) is 25.4 Å². The number of hydrogen-bond acceptors (Lipinski definition) is 9. The van der Waals surface area contributed by atoms with E-state index in [0.29, 0.717) is 35.4 Å². The number of imidazole rings is 1. The third-order valence-electron chi connectivity index (χ3n) is 7.02. The molecule has 3 N–H and O–H groups in total. The molecule has 0 aliphatic carbocycles. The number of carbonyl (C=O) groups is 1. The first kappa shape index (κ1) is 27.3. The lowest BCUT2D eigenvalue weighted by Crippen LogP contribution is -2.38. The van der Waals surface area contributed by atoms with E-state index in [4.69, 9.17) is 16.3 Å². The van der Waals surface area contributed by atoms with Gasteiger partial charge in [0.05, 0.1) is 30.2 Å². The summed E-state index contributed by atoms with van der Waals surface area (Å²) in [5, 5.41) is 8.54. The smallest absolute Gasteiger partial charge is 0.348 e. The molecule has 0 saturated heterocycles. The predicted molar refractivity (Wildman–Crippen MR) is 162 cm³/mol. The number of benzene rings is 1. The van der Waals surface area contributed by atoms with Crippen LogP contribution >= 0.6 is 22.9 Å². The Morgan fingerprint density at radius 2 is 2.07 bits per heavy atom. The summed E-state index contributed by atoms with van der Waals surface area (Å²) in [5.41, 5.74) is 11.2. The maximum atomic E-state index is 13.6. The van der Waals surface area contributed by atoms with Crippen LogP contribution in [-0.2, 0) is 11.2 Å². The summed E-state index contributed by atoms with van der Waals surface area (Å²) in [6.07, 6.45) is 4.91. The van der Waals surface area contributed by atoms with E-state index in [-0.39, 0.29) is 23.5 Å². The van der Waals surface area contributed by atoms with Crippen molar-refractivity contribution >= 4 is 40.9 Å². The van der Waals surface area contributed by atoms with Gasteiger partial charge >= 0.3 is 5.97 Å². The summed E-state index contributed by atoms with van der Waals surface area (Å²) >= 11 is 7.74. The first-order valence-corrected chi connectivity index (χ1v) is 14.8. The van der Waals surface area contributed by atoms with Crippen LogP contribution in [0.2, 0.25) is 5.02 Å². The van der Waals surface area contributed by atoms with Gasteiger partial charge in [-0.3, -0.25) is 9.80 Å². The number of hydrazine groups is 1. The minimum Gasteiger partial charge on any atom is -0.461 e. The molecular weight excluding hydrogens is 562 g/mol. The minimum absolute atomic E-state index is 0.103. The normalized spacial score (nSPS) is 16.5. The van der Waals surface area contributed by atoms with Crippen LogP contribution in [0, 0.1) is 5.92 Å². The lowest BCUT2D eigenvalue weighted by atomic mass is 10.0. The molecule has 0 spiro atoms. The molecule has 2 aliphatic rings. The number of aromatic amines is 1. The van der Waals surface area contributed by atoms with Gasteiger partial charge in [0, 0.05) is 46.4 Å². The number of thiophene rings is 1. The van der Waals surface area contributed by atoms with E-state index in [0.717, 1.165) is 46.6 Å². The maximum Gasteiger partial charge on any atom is 0.348 e. The van der Waals surface area contributed by atoms with Gasteiger partial charge in [0.2, 0.25) is 0 Å². The molecule has 4 aromatic rings. The number of fused-ring (bicyclic) bond motifs is 1. The van der Waals surface area contributed by atoms with Gasteiger partial charge < -0.3 is 19.7 Å². The molecule has 0 fully saturated rings. The van der Waals surface area contributed by atoms with Crippen LogP contribution in [0.15, 0.2) is 57.9 Å². The fraction of sp³-hybridized carbons (Fsp3) is 0.310. The monoisotopic (exact) mass is 591 g/mol. The fourth-order valence-electron chi connectivity index (χ4n) is 5.09. The Labute approximate surface area is 246 Å². The molecule has 1 aromatic carbocycles. The predicted octanol–water partition coefficient (Wildman–Crippen LogP) is 4.83. The Morgan fingerprint density at radius 1 is 1.20 bits per heavy atom. The molecule has 0 bridgehead atoms. The molecule has 3 aromatic heterocycles. The van der Waals surface area contributed by atoms with Crippen LogP contribution in [0.25, 0.3) is 22.4 Å². The van der Waals surface area contributed by atoms with Gasteiger partial charge in [0.15, 0.2) is 0 Å². The molecular formula is C29H30ClN7O3S. The SMILES string of the molecule is CC(C)COC(=O)c1cc(-c2cnc([C@@H]3CCc4cc(-c5cc(Cl)ccc5N5C=NNCCN5)cc(=O)n43)[nH]2)cs1. The number of pyridine rings is 1. The van der Waals surface area contributed by atoms with E-state index in [1.165, 1.54) is 11.3 Å². The Morgan fingerprint density at radius 3 is 2.93 bits per heavy atom. The van der Waals surface area contributed by atoms with Crippen molar-refractivity contribution in [3.63, 3.8) is 0 Å². The molecule has 10 nitrogen and oxygen atoms in total. The number of carbonyl (C=O) groups excluding carboxylic acids is 1. The molecule has 0 radical (unpaired) electrons. The number of nitrogens with zero attached hydrogens (tertiary/aromatic N) is 4. The van der Waals surface area contributed by atoms with E-state index in [2.05, 4.69) is 32.0 Å². The van der Waals surface area contributed by atoms with Crippen LogP contribution in [0.1, 0.15) is 47.5 Å². The third kappa shape index (κ3) is 5.65. The van der Waals surface area contributed by atoms with Crippen molar-refractivity contribution in [1.82, 2.24) is 25.4 Å². The van der Waals surface area contributed by atoms with E-state index >= 15 is 0 Å². The summed E-state index contributed by atoms with van der Waals surface area (Å²) in [7, 11) is 0. The number of H-pyrrole nitrogens is 1. The van der Waals surface area contributed by atoms with Gasteiger partial charge in [0.25, 0.3) is 5.56 Å². The van der Waals surface area contributed by atoms with Gasteiger partial charge in [-0.05, 0) is 54.7 Å². The molecule has 12 heteroatoms. The summed E-state index contributed by atoms with van der Waals surface area (Å²) < 4.78 is 7.17. The average molecular weight is 592 g/mol. The van der Waals surface area contributed by atoms with Crippen LogP contribution in [0.3, 0.4) is 0 Å². The number of aryl methyl sites for hydroxylation is 1. The summed E-state index contributed by atoms with van der Waals surface area (Å²) in [6, 6.07) is 10.9. The van der Waals surface area contributed by atoms with Crippen LogP contribution in [0.5, 0.6) is 0 Å². The van der Waals surface area contributed by atoms with Crippen LogP contribution in [0.4, 0.5) is 5.69 Å². The third-order valence-corrected chi connectivity index (χ3v) is 8.16. The largest absolute Gasteiger partial charge is 0.461 e. The van der Waals surface area contributed by atoms with Crippen molar-refractivity contribution in [1.29, 1.82) is 0 Å². The number of esters is 1. The highest BCUT2D eigenvalue weighted by atomic mass is 35.5. The molecule has 0 unspecified atom stereocenters. The Bertz CT molecular complexity index is 1670. The topological polar surface area (TPSA) is 117 Å². The first-order chi connectivity index (χ1) is 19.9. The summed E-state index contributed by atoms with van der Waals surface area (Å²) in [4.78, 5) is 34.5. The standard InChI is InChI=1S/C29H30ClN7O3S/c1-17(2)14-40-29(39)26-10-19(15-41-26)23-13-31-28(35-23)25-6-4-21-9-18(11-27(38)37(21)25)22-12-20(30)3-5-24(22)36-16-33-32-7-8-34-36/h3,5,9-13,15-17,25,32,34H,4,6-8,14H2,1-2H3,(H,31,35)/t25-/m0/s1. The second-order valence-corrected chi connectivity index (χ2v) is 11.8. The molecule has 0 amide bonds. The zero-order valence-electron chi connectivity index (χ0n) is 22.7. The number of nitrogens with one attached hydrogen (secondary N) is 3. The van der Waals surface area contributed by atoms with Crippen molar-refractivity contribution in [3.8, 4) is 22.4 Å². The number of hydrazone groups is 1. The highest BCUT2D eigenvalue weighted by Gasteiger charge is 2.28. The Hall–Kier alpha value is -3.93. The maximum absolute atomic E-state index is 13.6. The molecule has 0 saturated carbocycles. The minimum atomic E-state index is -0.319. The number of ether oxygens (including phenoxy) is 1. The van der Waals surface area contributed by atoms with Crippen molar-refractivity contribution in [2.75, 3.05) is 24.7 Å². The zero-order chi connectivity index (χ0) is 28.5. The first-order valence-electron chi connectivity index (χ1n) is 13.5. The summed E-state index contributed by atoms with van der Waals surface area (Å²) in [5.74, 6) is 0.669. The molecule has 1 atom stereocenters. The zero-order valence-corrected chi connectivity index (χ0v) is 24.3. The number of anilines is 1. The van der Waals surface area contributed by atoms with Gasteiger partial charge in [0.1, 0.15) is 17.0 Å². The number of hydrogen-bond donors (Lipinski definition) is 3. The second kappa shape index (κ2) is 11.5. The Kier molecular flexibility index (Phi) is 7.65. The molecule has 2 aliphatic heterocycles. The van der Waals surface area contributed by atoms with Crippen molar-refractivity contribution in [2.24, 2.45) is 11.0 Å². The second-order valence-electron chi connectivity index (χ2n) is 10.5. The van der Waals surface area contributed by atoms with Crippen LogP contribution < -0.4 is 21.4 Å². The van der Waals surface area contributed by atoms with Crippen LogP contribution in [-0.4, -0.2) is 46.5 Å². The molecule has 212 valence electrons. The van der Waals surface area contributed by atoms with E-state index < -0.39 is 0 Å². The lowest BCUT2D eigenvalue weighted by Gasteiger charge is -2.22. The quantitative estimate of drug-likeness (QED) is 0.264. The molecule has 6 rings (SSSR count). The number of aromatic nitrogens is 3. The Balaban J connectivity index is 1.27. The van der Waals surface area contributed by atoms with E-state index in [1.54, 1.807) is 18.6 Å². The van der Waals surface area contributed by atoms with Crippen molar-refractivity contribution < 1.29 is 9.53 Å². The van der Waals surface area contributed by atoms with Crippen molar-refractivity contribution in [3.05, 3.63) is 79.7 Å². The molecule has 5 heterocycles. The highest BCUT2D eigenvalue weighted by Crippen LogP contribution is 2.36. The van der Waals surface area contributed by atoms with Gasteiger partial charge in [-0.2, -0.15) is 5.10 Å². The number of rotatable bonds is 7. The van der Waals surface area contributed by atoms with Gasteiger partial charge in [-0.25, -0.2) is 15.2 Å². The summed E-state index contributed by atoms with van der Waals surface area (Å²) in [6.45, 7) is 5.78. The van der Waals surface area contributed by atoms with E-state index in [9.17, 15) is 9.59 Å². The highest BCUT2D eigenvalue weighted by molar-refractivity contribution is 7.12. The average Bonchev–Trinajstić information content (AvgIpc) is 3.68. The van der Waals surface area contributed by atoms with Crippen molar-refractivity contribution in [2.45, 2.75) is 32.7 Å². The lowest BCUT2D eigenvalue weighted by molar-refractivity contribution is 0.0464. The van der Waals surface area contributed by atoms with E-state index in [1.807, 2.05) is 53.1 Å². The number of halogens is 1.